The maximum absolute atomic E-state index is 6.10. The minimum absolute atomic E-state index is 0.659. The third-order valence-electron chi connectivity index (χ3n) is 3.03. The zero-order valence-corrected chi connectivity index (χ0v) is 11.1. The lowest BCUT2D eigenvalue weighted by molar-refractivity contribution is 0.415. The number of ether oxygens (including phenoxy) is 1. The Bertz CT molecular complexity index is 380. The molecule has 17 heavy (non-hydrogen) atoms. The average molecular weight is 255 g/mol. The minimum Gasteiger partial charge on any atom is -0.495 e. The normalized spacial score (nSPS) is 14.8. The van der Waals surface area contributed by atoms with Crippen LogP contribution < -0.4 is 15.0 Å². The van der Waals surface area contributed by atoms with E-state index in [2.05, 4.69) is 17.3 Å². The second-order valence-corrected chi connectivity index (χ2v) is 4.88. The molecular weight excluding hydrogens is 236 g/mol. The highest BCUT2D eigenvalue weighted by atomic mass is 35.5. The fraction of sp³-hybridized carbons (Fsp3) is 0.538. The molecule has 1 saturated carbocycles. The summed E-state index contributed by atoms with van der Waals surface area (Å²) >= 11 is 6.10. The summed E-state index contributed by atoms with van der Waals surface area (Å²) in [6.07, 6.45) is 2.66. The molecule has 1 aliphatic carbocycles. The molecule has 0 atom stereocenters. The first kappa shape index (κ1) is 12.5. The molecule has 1 aromatic carbocycles. The smallest absolute Gasteiger partial charge is 0.137 e. The highest BCUT2D eigenvalue weighted by Crippen LogP contribution is 2.28. The molecule has 0 aromatic heterocycles. The molecule has 0 heterocycles. The number of anilines is 1. The summed E-state index contributed by atoms with van der Waals surface area (Å²) in [6.45, 7) is 2.00. The first-order valence-electron chi connectivity index (χ1n) is 5.99. The second-order valence-electron chi connectivity index (χ2n) is 4.47. The van der Waals surface area contributed by atoms with E-state index in [-0.39, 0.29) is 0 Å². The quantitative estimate of drug-likeness (QED) is 0.844. The van der Waals surface area contributed by atoms with Crippen LogP contribution in [-0.4, -0.2) is 33.3 Å². The van der Waals surface area contributed by atoms with Crippen LogP contribution in [0.25, 0.3) is 0 Å². The van der Waals surface area contributed by atoms with E-state index < -0.39 is 0 Å². The topological polar surface area (TPSA) is 24.5 Å². The number of hydrogen-bond acceptors (Lipinski definition) is 3. The van der Waals surface area contributed by atoms with Gasteiger partial charge in [-0.05, 0) is 31.0 Å². The SMILES string of the molecule is COc1ccc(N(C)CCNC2CC2)cc1Cl. The average Bonchev–Trinajstić information content (AvgIpc) is 3.13. The number of nitrogens with one attached hydrogen (secondary N) is 1. The van der Waals surface area contributed by atoms with Crippen molar-refractivity contribution in [2.45, 2.75) is 18.9 Å². The van der Waals surface area contributed by atoms with Gasteiger partial charge in [0.15, 0.2) is 0 Å². The molecule has 3 nitrogen and oxygen atoms in total. The minimum atomic E-state index is 0.659. The summed E-state index contributed by atoms with van der Waals surface area (Å²) in [7, 11) is 3.71. The summed E-state index contributed by atoms with van der Waals surface area (Å²) in [4.78, 5) is 2.20. The highest BCUT2D eigenvalue weighted by molar-refractivity contribution is 6.32. The van der Waals surface area contributed by atoms with Crippen LogP contribution in [0.1, 0.15) is 12.8 Å². The fourth-order valence-corrected chi connectivity index (χ4v) is 2.00. The van der Waals surface area contributed by atoms with Gasteiger partial charge in [0, 0.05) is 31.9 Å². The van der Waals surface area contributed by atoms with Crippen molar-refractivity contribution >= 4 is 17.3 Å². The van der Waals surface area contributed by atoms with Crippen LogP contribution in [0, 0.1) is 0 Å². The van der Waals surface area contributed by atoms with Crippen molar-refractivity contribution in [1.82, 2.24) is 5.32 Å². The van der Waals surface area contributed by atoms with E-state index in [9.17, 15) is 0 Å². The summed E-state index contributed by atoms with van der Waals surface area (Å²) in [5.74, 6) is 0.722. The maximum Gasteiger partial charge on any atom is 0.137 e. The fourth-order valence-electron chi connectivity index (χ4n) is 1.75. The van der Waals surface area contributed by atoms with Crippen LogP contribution in [0.4, 0.5) is 5.69 Å². The van der Waals surface area contributed by atoms with Crippen molar-refractivity contribution in [2.75, 3.05) is 32.1 Å². The Morgan fingerprint density at radius 3 is 2.82 bits per heavy atom. The van der Waals surface area contributed by atoms with Crippen molar-refractivity contribution in [2.24, 2.45) is 0 Å². The lowest BCUT2D eigenvalue weighted by Gasteiger charge is -2.20. The molecule has 0 aliphatic heterocycles. The third-order valence-corrected chi connectivity index (χ3v) is 3.33. The Labute approximate surface area is 108 Å². The maximum atomic E-state index is 6.10. The summed E-state index contributed by atoms with van der Waals surface area (Å²) in [6, 6.07) is 6.64. The largest absolute Gasteiger partial charge is 0.495 e. The molecule has 0 saturated heterocycles. The molecule has 1 fully saturated rings. The zero-order chi connectivity index (χ0) is 12.3. The molecule has 94 valence electrons. The molecule has 0 unspecified atom stereocenters. The van der Waals surface area contributed by atoms with Gasteiger partial charge >= 0.3 is 0 Å². The van der Waals surface area contributed by atoms with Gasteiger partial charge in [0.05, 0.1) is 12.1 Å². The highest BCUT2D eigenvalue weighted by Gasteiger charge is 2.19. The van der Waals surface area contributed by atoms with E-state index in [0.717, 1.165) is 30.6 Å². The van der Waals surface area contributed by atoms with E-state index in [1.165, 1.54) is 12.8 Å². The summed E-state index contributed by atoms with van der Waals surface area (Å²) in [5.41, 5.74) is 1.12. The Hall–Kier alpha value is -0.930. The summed E-state index contributed by atoms with van der Waals surface area (Å²) in [5, 5.41) is 4.15. The van der Waals surface area contributed by atoms with Gasteiger partial charge < -0.3 is 15.0 Å². The van der Waals surface area contributed by atoms with Crippen LogP contribution in [0.3, 0.4) is 0 Å². The zero-order valence-electron chi connectivity index (χ0n) is 10.4. The molecule has 0 spiro atoms. The Kier molecular flexibility index (Phi) is 4.13. The van der Waals surface area contributed by atoms with Crippen molar-refractivity contribution in [3.8, 4) is 5.75 Å². The molecule has 1 N–H and O–H groups in total. The van der Waals surface area contributed by atoms with Gasteiger partial charge in [-0.2, -0.15) is 0 Å². The number of nitrogens with zero attached hydrogens (tertiary/aromatic N) is 1. The Balaban J connectivity index is 1.88. The first-order valence-corrected chi connectivity index (χ1v) is 6.36. The standard InChI is InChI=1S/C13H19ClN2O/c1-16(8-7-15-10-3-4-10)11-5-6-13(17-2)12(14)9-11/h5-6,9-10,15H,3-4,7-8H2,1-2H3. The van der Waals surface area contributed by atoms with E-state index in [0.29, 0.717) is 5.02 Å². The first-order chi connectivity index (χ1) is 8.20. The number of methoxy groups -OCH3 is 1. The summed E-state index contributed by atoms with van der Waals surface area (Å²) < 4.78 is 5.14. The van der Waals surface area contributed by atoms with Gasteiger partial charge in [0.2, 0.25) is 0 Å². The molecular formula is C13H19ClN2O. The van der Waals surface area contributed by atoms with Crippen LogP contribution in [0.5, 0.6) is 5.75 Å². The van der Waals surface area contributed by atoms with Crippen molar-refractivity contribution in [3.63, 3.8) is 0 Å². The van der Waals surface area contributed by atoms with Gasteiger partial charge in [-0.1, -0.05) is 11.6 Å². The molecule has 1 aromatic rings. The van der Waals surface area contributed by atoms with Crippen LogP contribution in [-0.2, 0) is 0 Å². The van der Waals surface area contributed by atoms with Crippen LogP contribution in [0.15, 0.2) is 18.2 Å². The monoisotopic (exact) mass is 254 g/mol. The third kappa shape index (κ3) is 3.51. The number of halogens is 1. The van der Waals surface area contributed by atoms with Gasteiger partial charge in [-0.3, -0.25) is 0 Å². The number of hydrogen-bond donors (Lipinski definition) is 1. The van der Waals surface area contributed by atoms with Crippen LogP contribution in [0.2, 0.25) is 5.02 Å². The number of rotatable bonds is 6. The van der Waals surface area contributed by atoms with E-state index in [4.69, 9.17) is 16.3 Å². The number of benzene rings is 1. The molecule has 0 amide bonds. The van der Waals surface area contributed by atoms with Crippen LogP contribution >= 0.6 is 11.6 Å². The lowest BCUT2D eigenvalue weighted by atomic mass is 10.3. The van der Waals surface area contributed by atoms with Crippen molar-refractivity contribution < 1.29 is 4.74 Å². The van der Waals surface area contributed by atoms with Gasteiger partial charge in [0.25, 0.3) is 0 Å². The van der Waals surface area contributed by atoms with Gasteiger partial charge in [-0.25, -0.2) is 0 Å². The molecule has 1 aliphatic rings. The molecule has 4 heteroatoms. The molecule has 2 rings (SSSR count). The van der Waals surface area contributed by atoms with Gasteiger partial charge in [-0.15, -0.1) is 0 Å². The van der Waals surface area contributed by atoms with E-state index in [1.807, 2.05) is 18.2 Å². The van der Waals surface area contributed by atoms with Gasteiger partial charge in [0.1, 0.15) is 5.75 Å². The second kappa shape index (κ2) is 5.61. The lowest BCUT2D eigenvalue weighted by Crippen LogP contribution is -2.30. The van der Waals surface area contributed by atoms with E-state index >= 15 is 0 Å². The molecule has 0 radical (unpaired) electrons. The predicted molar refractivity (Wildman–Crippen MR) is 72.3 cm³/mol. The Morgan fingerprint density at radius 2 is 2.24 bits per heavy atom. The molecule has 0 bridgehead atoms. The predicted octanol–water partition coefficient (Wildman–Crippen LogP) is 2.54. The number of likely N-dealkylation sites (N-methyl/N-ethyl adjacent to an activating group) is 1. The van der Waals surface area contributed by atoms with Crippen molar-refractivity contribution in [1.29, 1.82) is 0 Å². The van der Waals surface area contributed by atoms with E-state index in [1.54, 1.807) is 7.11 Å². The van der Waals surface area contributed by atoms with Crippen molar-refractivity contribution in [3.05, 3.63) is 23.2 Å². The Morgan fingerprint density at radius 1 is 1.47 bits per heavy atom.